The maximum Gasteiger partial charge on any atom is 0.226 e. The van der Waals surface area contributed by atoms with E-state index in [1.165, 1.54) is 6.92 Å². The van der Waals surface area contributed by atoms with Crippen LogP contribution in [-0.4, -0.2) is 18.2 Å². The van der Waals surface area contributed by atoms with E-state index < -0.39 is 0 Å². The molecule has 0 heterocycles. The van der Waals surface area contributed by atoms with Gasteiger partial charge in [-0.15, -0.1) is 0 Å². The average Bonchev–Trinajstić information content (AvgIpc) is 2.49. The lowest BCUT2D eigenvalue weighted by molar-refractivity contribution is -0.115. The zero-order valence-electron chi connectivity index (χ0n) is 13.2. The Bertz CT molecular complexity index is 729. The number of carbonyl (C=O) groups excluding carboxylic acids is 2. The Labute approximate surface area is 140 Å². The second-order valence-electron chi connectivity index (χ2n) is 5.32. The van der Waals surface area contributed by atoms with Crippen molar-refractivity contribution >= 4 is 34.7 Å². The fourth-order valence-electron chi connectivity index (χ4n) is 2.18. The molecule has 2 aromatic rings. The normalized spacial score (nSPS) is 10.2. The lowest BCUT2D eigenvalue weighted by Gasteiger charge is -2.10. The lowest BCUT2D eigenvalue weighted by Crippen LogP contribution is -2.16. The van der Waals surface area contributed by atoms with Gasteiger partial charge in [0.15, 0.2) is 5.78 Å². The van der Waals surface area contributed by atoms with Crippen LogP contribution < -0.4 is 10.6 Å². The molecule has 2 N–H and O–H groups in total. The smallest absolute Gasteiger partial charge is 0.226 e. The van der Waals surface area contributed by atoms with Crippen LogP contribution in [0, 0.1) is 6.92 Å². The summed E-state index contributed by atoms with van der Waals surface area (Å²) in [6.45, 7) is 3.97. The minimum Gasteiger partial charge on any atom is -0.384 e. The highest BCUT2D eigenvalue weighted by Gasteiger charge is 2.05. The molecule has 0 aromatic heterocycles. The highest BCUT2D eigenvalue weighted by Crippen LogP contribution is 2.19. The molecule has 0 saturated heterocycles. The minimum atomic E-state index is -0.107. The first-order chi connectivity index (χ1) is 11.0. The van der Waals surface area contributed by atoms with E-state index in [1.54, 1.807) is 24.3 Å². The van der Waals surface area contributed by atoms with Crippen LogP contribution >= 0.6 is 11.6 Å². The van der Waals surface area contributed by atoms with Crippen molar-refractivity contribution < 1.29 is 9.59 Å². The number of nitrogens with one attached hydrogen (secondary N) is 2. The van der Waals surface area contributed by atoms with Crippen molar-refractivity contribution in [1.82, 2.24) is 0 Å². The minimum absolute atomic E-state index is 0.0269. The van der Waals surface area contributed by atoms with Crippen molar-refractivity contribution in [2.24, 2.45) is 0 Å². The molecule has 0 bridgehead atoms. The number of halogens is 1. The summed E-state index contributed by atoms with van der Waals surface area (Å²) in [5.41, 5.74) is 3.20. The third-order valence-corrected chi connectivity index (χ3v) is 3.64. The first kappa shape index (κ1) is 17.0. The van der Waals surface area contributed by atoms with Crippen molar-refractivity contribution in [3.8, 4) is 0 Å². The van der Waals surface area contributed by atoms with E-state index in [1.807, 2.05) is 25.1 Å². The molecule has 0 fully saturated rings. The van der Waals surface area contributed by atoms with Crippen molar-refractivity contribution in [3.63, 3.8) is 0 Å². The second kappa shape index (κ2) is 7.79. The highest BCUT2D eigenvalue weighted by molar-refractivity contribution is 6.30. The van der Waals surface area contributed by atoms with Crippen LogP contribution in [0.2, 0.25) is 5.02 Å². The molecule has 0 aliphatic carbocycles. The predicted molar refractivity (Wildman–Crippen MR) is 94.4 cm³/mol. The number of amides is 1. The Morgan fingerprint density at radius 3 is 2.61 bits per heavy atom. The summed E-state index contributed by atoms with van der Waals surface area (Å²) in [7, 11) is 0. The molecular weight excluding hydrogens is 312 g/mol. The first-order valence-electron chi connectivity index (χ1n) is 7.36. The fourth-order valence-corrected chi connectivity index (χ4v) is 2.40. The molecule has 0 atom stereocenters. The van der Waals surface area contributed by atoms with Gasteiger partial charge in [-0.25, -0.2) is 0 Å². The molecule has 0 spiro atoms. The van der Waals surface area contributed by atoms with Crippen molar-refractivity contribution in [2.75, 3.05) is 17.2 Å². The van der Waals surface area contributed by atoms with E-state index >= 15 is 0 Å². The topological polar surface area (TPSA) is 58.2 Å². The number of carbonyl (C=O) groups is 2. The summed E-state index contributed by atoms with van der Waals surface area (Å²) in [4.78, 5) is 23.3. The number of Topliss-reactive ketones (excluding diaryl/α,β-unsaturated/α-hetero) is 1. The van der Waals surface area contributed by atoms with Gasteiger partial charge in [0.1, 0.15) is 0 Å². The number of aryl methyl sites for hydroxylation is 1. The summed E-state index contributed by atoms with van der Waals surface area (Å²) in [5, 5.41) is 6.70. The zero-order chi connectivity index (χ0) is 16.8. The monoisotopic (exact) mass is 330 g/mol. The maximum atomic E-state index is 12.0. The van der Waals surface area contributed by atoms with Crippen LogP contribution in [0.25, 0.3) is 0 Å². The molecule has 0 aliphatic heterocycles. The van der Waals surface area contributed by atoms with Gasteiger partial charge in [0.05, 0.1) is 0 Å². The molecule has 0 saturated carbocycles. The van der Waals surface area contributed by atoms with Crippen LogP contribution in [0.15, 0.2) is 42.5 Å². The molecule has 2 aromatic carbocycles. The number of ketones is 1. The predicted octanol–water partition coefficient (Wildman–Crippen LogP) is 4.29. The van der Waals surface area contributed by atoms with Gasteiger partial charge in [-0.05, 0) is 49.7 Å². The summed E-state index contributed by atoms with van der Waals surface area (Å²) >= 11 is 5.91. The highest BCUT2D eigenvalue weighted by atomic mass is 35.5. The summed E-state index contributed by atoms with van der Waals surface area (Å²) in [5.74, 6) is -0.134. The van der Waals surface area contributed by atoms with Crippen molar-refractivity contribution in [1.29, 1.82) is 0 Å². The Kier molecular flexibility index (Phi) is 5.77. The Balaban J connectivity index is 1.85. The standard InChI is InChI=1S/C18H19ClN2O2/c1-12-10-15(19)6-7-17(12)20-9-8-18(23)21-16-5-3-4-14(11-16)13(2)22/h3-7,10-11,20H,8-9H2,1-2H3,(H,21,23). The van der Waals surface area contributed by atoms with Gasteiger partial charge in [0, 0.05) is 34.9 Å². The van der Waals surface area contributed by atoms with E-state index in [4.69, 9.17) is 11.6 Å². The van der Waals surface area contributed by atoms with E-state index in [-0.39, 0.29) is 11.7 Å². The van der Waals surface area contributed by atoms with Crippen LogP contribution in [-0.2, 0) is 4.79 Å². The van der Waals surface area contributed by atoms with E-state index in [0.29, 0.717) is 29.2 Å². The van der Waals surface area contributed by atoms with E-state index in [0.717, 1.165) is 11.3 Å². The van der Waals surface area contributed by atoms with Gasteiger partial charge in [-0.3, -0.25) is 9.59 Å². The summed E-state index contributed by atoms with van der Waals surface area (Å²) in [6, 6.07) is 12.5. The Morgan fingerprint density at radius 1 is 1.13 bits per heavy atom. The molecule has 120 valence electrons. The molecule has 0 radical (unpaired) electrons. The molecule has 0 unspecified atom stereocenters. The van der Waals surface area contributed by atoms with Crippen LogP contribution in [0.3, 0.4) is 0 Å². The fraction of sp³-hybridized carbons (Fsp3) is 0.222. The largest absolute Gasteiger partial charge is 0.384 e. The molecule has 4 nitrogen and oxygen atoms in total. The Hall–Kier alpha value is -2.33. The summed E-state index contributed by atoms with van der Waals surface area (Å²) < 4.78 is 0. The molecule has 23 heavy (non-hydrogen) atoms. The van der Waals surface area contributed by atoms with Gasteiger partial charge in [-0.1, -0.05) is 23.7 Å². The zero-order valence-corrected chi connectivity index (χ0v) is 13.9. The third kappa shape index (κ3) is 5.11. The van der Waals surface area contributed by atoms with Crippen molar-refractivity contribution in [2.45, 2.75) is 20.3 Å². The van der Waals surface area contributed by atoms with Crippen LogP contribution in [0.5, 0.6) is 0 Å². The lowest BCUT2D eigenvalue weighted by atomic mass is 10.1. The average molecular weight is 331 g/mol. The Morgan fingerprint density at radius 2 is 1.91 bits per heavy atom. The van der Waals surface area contributed by atoms with Crippen molar-refractivity contribution in [3.05, 3.63) is 58.6 Å². The second-order valence-corrected chi connectivity index (χ2v) is 5.76. The number of anilines is 2. The van der Waals surface area contributed by atoms with Gasteiger partial charge < -0.3 is 10.6 Å². The van der Waals surface area contributed by atoms with Gasteiger partial charge in [-0.2, -0.15) is 0 Å². The third-order valence-electron chi connectivity index (χ3n) is 3.41. The SMILES string of the molecule is CC(=O)c1cccc(NC(=O)CCNc2ccc(Cl)cc2C)c1. The van der Waals surface area contributed by atoms with Gasteiger partial charge in [0.2, 0.25) is 5.91 Å². The number of hydrogen-bond acceptors (Lipinski definition) is 3. The maximum absolute atomic E-state index is 12.0. The quantitative estimate of drug-likeness (QED) is 0.777. The molecular formula is C18H19ClN2O2. The molecule has 0 aliphatic rings. The van der Waals surface area contributed by atoms with Gasteiger partial charge in [0.25, 0.3) is 0 Å². The van der Waals surface area contributed by atoms with Gasteiger partial charge >= 0.3 is 0 Å². The number of hydrogen-bond donors (Lipinski definition) is 2. The first-order valence-corrected chi connectivity index (χ1v) is 7.74. The van der Waals surface area contributed by atoms with E-state index in [9.17, 15) is 9.59 Å². The number of benzene rings is 2. The van der Waals surface area contributed by atoms with Crippen LogP contribution in [0.4, 0.5) is 11.4 Å². The van der Waals surface area contributed by atoms with E-state index in [2.05, 4.69) is 10.6 Å². The molecule has 5 heteroatoms. The van der Waals surface area contributed by atoms with Crippen LogP contribution in [0.1, 0.15) is 29.3 Å². The molecule has 2 rings (SSSR count). The number of rotatable bonds is 6. The molecule has 1 amide bonds. The summed E-state index contributed by atoms with van der Waals surface area (Å²) in [6.07, 6.45) is 0.326.